The molecular weight excluding hydrogens is 352 g/mol. The van der Waals surface area contributed by atoms with Crippen LogP contribution in [0.5, 0.6) is 0 Å². The molecule has 0 N–H and O–H groups in total. The van der Waals surface area contributed by atoms with Crippen LogP contribution in [0.3, 0.4) is 0 Å². The summed E-state index contributed by atoms with van der Waals surface area (Å²) in [4.78, 5) is 23.5. The van der Waals surface area contributed by atoms with Gasteiger partial charge in [0, 0.05) is 18.3 Å². The van der Waals surface area contributed by atoms with Crippen LogP contribution in [0.1, 0.15) is 59.8 Å². The smallest absolute Gasteiger partial charge is 0.308 e. The minimum atomic E-state index is -0.791. The fourth-order valence-electron chi connectivity index (χ4n) is 5.62. The zero-order valence-electron chi connectivity index (χ0n) is 16.9. The molecule has 9 atom stereocenters. The number of carbonyl (C=O) groups excluding carboxylic acids is 1. The molecule has 2 bridgehead atoms. The highest BCUT2D eigenvalue weighted by molar-refractivity contribution is 5.69. The molecule has 7 heteroatoms. The van der Waals surface area contributed by atoms with Gasteiger partial charge in [-0.3, -0.25) is 4.79 Å². The molecule has 0 aromatic rings. The second-order valence-corrected chi connectivity index (χ2v) is 9.00. The van der Waals surface area contributed by atoms with Crippen LogP contribution < -0.4 is 0 Å². The van der Waals surface area contributed by atoms with Crippen molar-refractivity contribution in [3.63, 3.8) is 0 Å². The molecule has 154 valence electrons. The van der Waals surface area contributed by atoms with Crippen LogP contribution in [0.4, 0.5) is 0 Å². The van der Waals surface area contributed by atoms with E-state index in [1.54, 1.807) is 0 Å². The predicted molar refractivity (Wildman–Crippen MR) is 94.0 cm³/mol. The molecular formula is C20H32O7. The van der Waals surface area contributed by atoms with Gasteiger partial charge in [-0.05, 0) is 44.9 Å². The van der Waals surface area contributed by atoms with Gasteiger partial charge in [0.25, 0.3) is 0 Å². The third kappa shape index (κ3) is 3.12. The van der Waals surface area contributed by atoms with Gasteiger partial charge in [-0.1, -0.05) is 13.8 Å². The van der Waals surface area contributed by atoms with Gasteiger partial charge in [0.2, 0.25) is 5.79 Å². The molecule has 5 rings (SSSR count). The fraction of sp³-hybridized carbons (Fsp3) is 0.950. The summed E-state index contributed by atoms with van der Waals surface area (Å²) in [5.74, 6) is 0.106. The summed E-state index contributed by atoms with van der Waals surface area (Å²) in [6.45, 7) is 8.21. The molecule has 0 aromatic heterocycles. The Morgan fingerprint density at radius 2 is 1.96 bits per heavy atom. The van der Waals surface area contributed by atoms with Crippen LogP contribution in [-0.4, -0.2) is 43.2 Å². The molecule has 0 radical (unpaired) electrons. The van der Waals surface area contributed by atoms with E-state index in [1.807, 2.05) is 13.8 Å². The van der Waals surface area contributed by atoms with Crippen molar-refractivity contribution in [2.75, 3.05) is 7.11 Å². The Bertz CT molecular complexity index is 583. The van der Waals surface area contributed by atoms with Gasteiger partial charge in [0.15, 0.2) is 18.2 Å². The van der Waals surface area contributed by atoms with Gasteiger partial charge in [-0.2, -0.15) is 0 Å². The van der Waals surface area contributed by atoms with Crippen LogP contribution in [0.25, 0.3) is 0 Å². The highest BCUT2D eigenvalue weighted by Crippen LogP contribution is 2.60. The Morgan fingerprint density at radius 3 is 2.70 bits per heavy atom. The minimum absolute atomic E-state index is 0.103. The van der Waals surface area contributed by atoms with E-state index in [4.69, 9.17) is 28.7 Å². The molecule has 1 unspecified atom stereocenters. The average molecular weight is 384 g/mol. The molecule has 1 saturated carbocycles. The summed E-state index contributed by atoms with van der Waals surface area (Å²) >= 11 is 0. The van der Waals surface area contributed by atoms with Crippen molar-refractivity contribution < 1.29 is 33.5 Å². The summed E-state index contributed by atoms with van der Waals surface area (Å²) in [7, 11) is 1.38. The Labute approximate surface area is 160 Å². The third-order valence-electron chi connectivity index (χ3n) is 7.15. The van der Waals surface area contributed by atoms with Gasteiger partial charge in [-0.15, -0.1) is 0 Å². The Kier molecular flexibility index (Phi) is 5.04. The number of fused-ring (bicyclic) bond motifs is 2. The van der Waals surface area contributed by atoms with Gasteiger partial charge < -0.3 is 18.9 Å². The molecule has 1 aliphatic carbocycles. The topological polar surface area (TPSA) is 72.5 Å². The van der Waals surface area contributed by atoms with Crippen LogP contribution in [-0.2, 0) is 33.5 Å². The lowest BCUT2D eigenvalue weighted by Gasteiger charge is -2.60. The fourth-order valence-corrected chi connectivity index (χ4v) is 5.62. The Balaban J connectivity index is 1.59. The summed E-state index contributed by atoms with van der Waals surface area (Å²) in [5.41, 5.74) is -0.585. The van der Waals surface area contributed by atoms with Gasteiger partial charge >= 0.3 is 5.97 Å². The van der Waals surface area contributed by atoms with Crippen LogP contribution in [0, 0.1) is 23.7 Å². The first-order valence-corrected chi connectivity index (χ1v) is 10.2. The van der Waals surface area contributed by atoms with Crippen molar-refractivity contribution in [2.24, 2.45) is 23.7 Å². The largest absolute Gasteiger partial charge is 0.469 e. The molecule has 4 aliphatic heterocycles. The molecule has 5 fully saturated rings. The van der Waals surface area contributed by atoms with Crippen molar-refractivity contribution in [1.29, 1.82) is 0 Å². The van der Waals surface area contributed by atoms with Crippen LogP contribution in [0.15, 0.2) is 0 Å². The van der Waals surface area contributed by atoms with E-state index in [-0.39, 0.29) is 30.3 Å². The molecule has 5 aliphatic rings. The number of esters is 1. The lowest BCUT2D eigenvalue weighted by molar-refractivity contribution is -0.578. The SMILES string of the molecule is COC(=O)C[C@@H](C)OC1O[C@@H]2O[C@@]3(C)CC[C@H]4[C@H](C)CC[C@@H]([C@H]1C)[C@@]24OO3. The predicted octanol–water partition coefficient (Wildman–Crippen LogP) is 3.16. The standard InChI is InChI=1S/C20H32O7/c1-11-6-7-15-13(3)17(23-12(2)10-16(21)22-5)24-18-20(15)14(11)8-9-19(4,25-18)26-27-20/h11-15,17-18H,6-10H2,1-5H3/t11-,12-,13-,14+,15+,17?,18-,19-,20-/m1/s1. The van der Waals surface area contributed by atoms with E-state index in [2.05, 4.69) is 13.8 Å². The summed E-state index contributed by atoms with van der Waals surface area (Å²) in [5, 5.41) is 0. The molecule has 4 heterocycles. The summed E-state index contributed by atoms with van der Waals surface area (Å²) < 4.78 is 23.5. The highest BCUT2D eigenvalue weighted by Gasteiger charge is 2.69. The van der Waals surface area contributed by atoms with E-state index in [0.29, 0.717) is 11.8 Å². The zero-order chi connectivity index (χ0) is 19.4. The maximum atomic E-state index is 11.6. The first kappa shape index (κ1) is 19.6. The molecule has 27 heavy (non-hydrogen) atoms. The Morgan fingerprint density at radius 1 is 1.19 bits per heavy atom. The number of hydrogen-bond donors (Lipinski definition) is 0. The molecule has 7 nitrogen and oxygen atoms in total. The maximum absolute atomic E-state index is 11.6. The maximum Gasteiger partial charge on any atom is 0.308 e. The van der Waals surface area contributed by atoms with E-state index in [1.165, 1.54) is 7.11 Å². The lowest BCUT2D eigenvalue weighted by Crippen LogP contribution is -2.70. The first-order valence-electron chi connectivity index (χ1n) is 10.2. The summed E-state index contributed by atoms with van der Waals surface area (Å²) in [6, 6.07) is 0. The van der Waals surface area contributed by atoms with Crippen molar-refractivity contribution in [1.82, 2.24) is 0 Å². The van der Waals surface area contributed by atoms with Crippen molar-refractivity contribution in [2.45, 2.75) is 89.9 Å². The van der Waals surface area contributed by atoms with E-state index in [0.717, 1.165) is 25.7 Å². The molecule has 0 amide bonds. The van der Waals surface area contributed by atoms with Crippen molar-refractivity contribution in [3.05, 3.63) is 0 Å². The third-order valence-corrected chi connectivity index (χ3v) is 7.15. The second-order valence-electron chi connectivity index (χ2n) is 9.00. The zero-order valence-corrected chi connectivity index (χ0v) is 16.9. The van der Waals surface area contributed by atoms with E-state index < -0.39 is 24.0 Å². The second kappa shape index (κ2) is 6.95. The normalized spacial score (nSPS) is 49.8. The minimum Gasteiger partial charge on any atom is -0.469 e. The number of ether oxygens (including phenoxy) is 4. The average Bonchev–Trinajstić information content (AvgIpc) is 2.85. The van der Waals surface area contributed by atoms with Gasteiger partial charge in [0.1, 0.15) is 0 Å². The Hall–Kier alpha value is -0.730. The van der Waals surface area contributed by atoms with Crippen molar-refractivity contribution >= 4 is 5.97 Å². The molecule has 4 saturated heterocycles. The monoisotopic (exact) mass is 384 g/mol. The summed E-state index contributed by atoms with van der Waals surface area (Å²) in [6.07, 6.45) is 2.88. The lowest BCUT2D eigenvalue weighted by atomic mass is 9.58. The van der Waals surface area contributed by atoms with E-state index in [9.17, 15) is 4.79 Å². The number of hydrogen-bond acceptors (Lipinski definition) is 7. The number of methoxy groups -OCH3 is 1. The van der Waals surface area contributed by atoms with Crippen LogP contribution in [0.2, 0.25) is 0 Å². The first-order chi connectivity index (χ1) is 12.8. The van der Waals surface area contributed by atoms with Gasteiger partial charge in [0.05, 0.1) is 19.6 Å². The highest BCUT2D eigenvalue weighted by atomic mass is 17.3. The molecule has 1 spiro atoms. The number of rotatable bonds is 4. The van der Waals surface area contributed by atoms with Crippen molar-refractivity contribution in [3.8, 4) is 0 Å². The van der Waals surface area contributed by atoms with Crippen LogP contribution >= 0.6 is 0 Å². The van der Waals surface area contributed by atoms with E-state index >= 15 is 0 Å². The quantitative estimate of drug-likeness (QED) is 0.544. The van der Waals surface area contributed by atoms with Gasteiger partial charge in [-0.25, -0.2) is 9.78 Å². The molecule has 0 aromatic carbocycles. The number of carbonyl (C=O) groups is 1.